The third kappa shape index (κ3) is 3.66. The van der Waals surface area contributed by atoms with E-state index >= 15 is 0 Å². The Hall–Kier alpha value is -1.33. The van der Waals surface area contributed by atoms with E-state index < -0.39 is 0 Å². The lowest BCUT2D eigenvalue weighted by Crippen LogP contribution is -2.22. The van der Waals surface area contributed by atoms with Crippen LogP contribution in [0.2, 0.25) is 0 Å². The van der Waals surface area contributed by atoms with E-state index in [0.717, 1.165) is 25.7 Å². The van der Waals surface area contributed by atoms with Crippen LogP contribution in [0, 0.1) is 6.92 Å². The molecule has 1 aromatic heterocycles. The molecule has 1 aliphatic carbocycles. The zero-order chi connectivity index (χ0) is 14.7. The minimum Gasteiger partial charge on any atom is -0.392 e. The average molecular weight is 304 g/mol. The van der Waals surface area contributed by atoms with Gasteiger partial charge < -0.3 is 9.63 Å². The van der Waals surface area contributed by atoms with Crippen molar-refractivity contribution in [2.75, 3.05) is 0 Å². The summed E-state index contributed by atoms with van der Waals surface area (Å²) >= 11 is 1.70. The van der Waals surface area contributed by atoms with E-state index in [1.165, 1.54) is 10.5 Å². The Kier molecular flexibility index (Phi) is 4.60. The molecule has 1 N–H and O–H groups in total. The maximum atomic E-state index is 10.0. The summed E-state index contributed by atoms with van der Waals surface area (Å²) in [6.45, 7) is 2.08. The molecule has 1 aliphatic rings. The van der Waals surface area contributed by atoms with Crippen LogP contribution in [-0.4, -0.2) is 21.4 Å². The smallest absolute Gasteiger partial charge is 0.232 e. The van der Waals surface area contributed by atoms with Crippen molar-refractivity contribution in [3.63, 3.8) is 0 Å². The minimum atomic E-state index is -0.336. The number of aromatic nitrogens is 2. The van der Waals surface area contributed by atoms with Crippen LogP contribution >= 0.6 is 11.8 Å². The standard InChI is InChI=1S/C16H20N2O2S/c1-11-6-8-12(9-7-11)21-10-15-17-16(20-18-15)13-4-2-3-5-14(13)19/h6-9,13-14,19H,2-5,10H2,1H3. The topological polar surface area (TPSA) is 59.2 Å². The van der Waals surface area contributed by atoms with Gasteiger partial charge in [-0.05, 0) is 31.9 Å². The van der Waals surface area contributed by atoms with E-state index in [0.29, 0.717) is 17.5 Å². The average Bonchev–Trinajstić information content (AvgIpc) is 2.96. The van der Waals surface area contributed by atoms with Gasteiger partial charge in [-0.25, -0.2) is 0 Å². The predicted molar refractivity (Wildman–Crippen MR) is 82.3 cm³/mol. The quantitative estimate of drug-likeness (QED) is 0.873. The number of thioether (sulfide) groups is 1. The van der Waals surface area contributed by atoms with E-state index in [9.17, 15) is 5.11 Å². The Balaban J connectivity index is 1.61. The molecular formula is C16H20N2O2S. The SMILES string of the molecule is Cc1ccc(SCc2noc(C3CCCCC3O)n2)cc1. The second-order valence-electron chi connectivity index (χ2n) is 5.61. The van der Waals surface area contributed by atoms with Crippen molar-refractivity contribution in [3.8, 4) is 0 Å². The first-order chi connectivity index (χ1) is 10.2. The molecule has 0 saturated heterocycles. The molecule has 21 heavy (non-hydrogen) atoms. The molecule has 2 atom stereocenters. The van der Waals surface area contributed by atoms with E-state index in [-0.39, 0.29) is 12.0 Å². The molecule has 1 aromatic carbocycles. The van der Waals surface area contributed by atoms with E-state index in [1.54, 1.807) is 11.8 Å². The third-order valence-electron chi connectivity index (χ3n) is 3.92. The summed E-state index contributed by atoms with van der Waals surface area (Å²) in [7, 11) is 0. The van der Waals surface area contributed by atoms with Crippen molar-refractivity contribution in [1.82, 2.24) is 10.1 Å². The van der Waals surface area contributed by atoms with Gasteiger partial charge in [0, 0.05) is 4.90 Å². The molecule has 112 valence electrons. The second-order valence-corrected chi connectivity index (χ2v) is 6.66. The fraction of sp³-hybridized carbons (Fsp3) is 0.500. The zero-order valence-corrected chi connectivity index (χ0v) is 13.0. The highest BCUT2D eigenvalue weighted by molar-refractivity contribution is 7.98. The molecule has 0 bridgehead atoms. The predicted octanol–water partition coefficient (Wildman–Crippen LogP) is 3.69. The molecule has 0 aliphatic heterocycles. The zero-order valence-electron chi connectivity index (χ0n) is 12.2. The van der Waals surface area contributed by atoms with Crippen LogP contribution in [-0.2, 0) is 5.75 Å². The number of benzene rings is 1. The number of hydrogen-bond donors (Lipinski definition) is 1. The maximum absolute atomic E-state index is 10.0. The molecular weight excluding hydrogens is 284 g/mol. The molecule has 3 rings (SSSR count). The summed E-state index contributed by atoms with van der Waals surface area (Å²) in [6, 6.07) is 8.41. The van der Waals surface area contributed by atoms with Gasteiger partial charge in [0.1, 0.15) is 0 Å². The third-order valence-corrected chi connectivity index (χ3v) is 4.93. The van der Waals surface area contributed by atoms with Crippen LogP contribution in [0.5, 0.6) is 0 Å². The summed E-state index contributed by atoms with van der Waals surface area (Å²) < 4.78 is 5.35. The van der Waals surface area contributed by atoms with Crippen molar-refractivity contribution in [3.05, 3.63) is 41.5 Å². The van der Waals surface area contributed by atoms with Crippen LogP contribution in [0.25, 0.3) is 0 Å². The van der Waals surface area contributed by atoms with Crippen LogP contribution in [0.15, 0.2) is 33.7 Å². The molecule has 1 saturated carbocycles. The Morgan fingerprint density at radius 3 is 2.76 bits per heavy atom. The lowest BCUT2D eigenvalue weighted by atomic mass is 9.86. The van der Waals surface area contributed by atoms with Gasteiger partial charge in [0.15, 0.2) is 5.82 Å². The summed E-state index contributed by atoms with van der Waals surface area (Å²) in [4.78, 5) is 5.66. The molecule has 0 radical (unpaired) electrons. The molecule has 0 spiro atoms. The molecule has 1 heterocycles. The van der Waals surface area contributed by atoms with Crippen LogP contribution in [0.1, 0.15) is 48.9 Å². The van der Waals surface area contributed by atoms with Crippen LogP contribution < -0.4 is 0 Å². The molecule has 5 heteroatoms. The first-order valence-corrected chi connectivity index (χ1v) is 8.41. The summed E-state index contributed by atoms with van der Waals surface area (Å²) in [5.74, 6) is 2.01. The Morgan fingerprint density at radius 2 is 2.00 bits per heavy atom. The van der Waals surface area contributed by atoms with E-state index in [4.69, 9.17) is 4.52 Å². The molecule has 1 fully saturated rings. The van der Waals surface area contributed by atoms with Gasteiger partial charge >= 0.3 is 0 Å². The van der Waals surface area contributed by atoms with Crippen molar-refractivity contribution < 1.29 is 9.63 Å². The molecule has 2 aromatic rings. The van der Waals surface area contributed by atoms with Crippen molar-refractivity contribution >= 4 is 11.8 Å². The molecule has 2 unspecified atom stereocenters. The molecule has 4 nitrogen and oxygen atoms in total. The number of aryl methyl sites for hydroxylation is 1. The number of rotatable bonds is 4. The van der Waals surface area contributed by atoms with Gasteiger partial charge in [-0.1, -0.05) is 35.7 Å². The monoisotopic (exact) mass is 304 g/mol. The Morgan fingerprint density at radius 1 is 1.24 bits per heavy atom. The Bertz CT molecular complexity index is 582. The lowest BCUT2D eigenvalue weighted by molar-refractivity contribution is 0.0908. The Labute approximate surface area is 129 Å². The fourth-order valence-corrected chi connectivity index (χ4v) is 3.40. The van der Waals surface area contributed by atoms with Gasteiger partial charge in [0.25, 0.3) is 0 Å². The first-order valence-electron chi connectivity index (χ1n) is 7.42. The summed E-state index contributed by atoms with van der Waals surface area (Å²) in [5, 5.41) is 14.1. The highest BCUT2D eigenvalue weighted by Crippen LogP contribution is 2.32. The van der Waals surface area contributed by atoms with Crippen LogP contribution in [0.4, 0.5) is 0 Å². The molecule has 0 amide bonds. The van der Waals surface area contributed by atoms with Gasteiger partial charge in [-0.15, -0.1) is 11.8 Å². The summed E-state index contributed by atoms with van der Waals surface area (Å²) in [6.07, 6.45) is 3.64. The number of hydrogen-bond acceptors (Lipinski definition) is 5. The van der Waals surface area contributed by atoms with Crippen molar-refractivity contribution in [1.29, 1.82) is 0 Å². The normalized spacial score (nSPS) is 22.4. The number of aliphatic hydroxyl groups excluding tert-OH is 1. The lowest BCUT2D eigenvalue weighted by Gasteiger charge is -2.24. The largest absolute Gasteiger partial charge is 0.392 e. The highest BCUT2D eigenvalue weighted by atomic mass is 32.2. The van der Waals surface area contributed by atoms with Crippen LogP contribution in [0.3, 0.4) is 0 Å². The van der Waals surface area contributed by atoms with E-state index in [1.807, 2.05) is 0 Å². The minimum absolute atomic E-state index is 0.0179. The maximum Gasteiger partial charge on any atom is 0.232 e. The van der Waals surface area contributed by atoms with Crippen molar-refractivity contribution in [2.24, 2.45) is 0 Å². The van der Waals surface area contributed by atoms with Crippen molar-refractivity contribution in [2.45, 2.75) is 55.3 Å². The van der Waals surface area contributed by atoms with Gasteiger partial charge in [0.05, 0.1) is 17.8 Å². The summed E-state index contributed by atoms with van der Waals surface area (Å²) in [5.41, 5.74) is 1.26. The highest BCUT2D eigenvalue weighted by Gasteiger charge is 2.29. The number of aliphatic hydroxyl groups is 1. The number of nitrogens with zero attached hydrogens (tertiary/aromatic N) is 2. The van der Waals surface area contributed by atoms with Gasteiger partial charge in [-0.2, -0.15) is 4.98 Å². The fourth-order valence-electron chi connectivity index (χ4n) is 2.66. The van der Waals surface area contributed by atoms with E-state index in [2.05, 4.69) is 41.3 Å². The first kappa shape index (κ1) is 14.6. The van der Waals surface area contributed by atoms with Gasteiger partial charge in [0.2, 0.25) is 5.89 Å². The second kappa shape index (κ2) is 6.62. The van der Waals surface area contributed by atoms with Gasteiger partial charge in [-0.3, -0.25) is 0 Å².